The summed E-state index contributed by atoms with van der Waals surface area (Å²) in [5.74, 6) is -0.100. The summed E-state index contributed by atoms with van der Waals surface area (Å²) in [6.07, 6.45) is 7.28. The van der Waals surface area contributed by atoms with E-state index in [0.29, 0.717) is 12.4 Å². The summed E-state index contributed by atoms with van der Waals surface area (Å²) in [5, 5.41) is 0. The second-order valence-corrected chi connectivity index (χ2v) is 6.61. The van der Waals surface area contributed by atoms with E-state index in [1.165, 1.54) is 44.2 Å². The van der Waals surface area contributed by atoms with Gasteiger partial charge in [0.1, 0.15) is 22.9 Å². The first kappa shape index (κ1) is 22.4. The molecule has 0 spiro atoms. The normalized spacial score (nSPS) is 10.4. The zero-order valence-corrected chi connectivity index (χ0v) is 17.2. The van der Waals surface area contributed by atoms with Crippen LogP contribution in [0.5, 0.6) is 11.5 Å². The highest BCUT2D eigenvalue weighted by Gasteiger charge is 2.15. The summed E-state index contributed by atoms with van der Waals surface area (Å²) in [4.78, 5) is 28.0. The van der Waals surface area contributed by atoms with Gasteiger partial charge in [-0.25, -0.2) is 14.6 Å². The van der Waals surface area contributed by atoms with Gasteiger partial charge in [-0.3, -0.25) is 0 Å². The first-order chi connectivity index (χ1) is 14.1. The quantitative estimate of drug-likeness (QED) is 0.277. The van der Waals surface area contributed by atoms with Crippen LogP contribution in [0.4, 0.5) is 0 Å². The Morgan fingerprint density at radius 3 is 2.10 bits per heavy atom. The molecule has 156 valence electrons. The molecule has 0 saturated carbocycles. The van der Waals surface area contributed by atoms with Gasteiger partial charge in [-0.15, -0.1) is 0 Å². The Morgan fingerprint density at radius 2 is 1.41 bits per heavy atom. The molecular weight excluding hydrogens is 370 g/mol. The molecule has 0 N–H and O–H groups in total. The van der Waals surface area contributed by atoms with Crippen molar-refractivity contribution in [2.45, 2.75) is 52.4 Å². The van der Waals surface area contributed by atoms with Gasteiger partial charge in [0, 0.05) is 0 Å². The number of ether oxygens (including phenoxy) is 3. The zero-order valence-electron chi connectivity index (χ0n) is 17.2. The van der Waals surface area contributed by atoms with Crippen molar-refractivity contribution in [3.05, 3.63) is 53.9 Å². The molecule has 0 aliphatic carbocycles. The van der Waals surface area contributed by atoms with Crippen LogP contribution in [0.15, 0.2) is 42.5 Å². The minimum Gasteiger partial charge on any atom is -0.494 e. The Hall–Kier alpha value is -2.89. The number of carbonyl (C=O) groups is 2. The lowest BCUT2D eigenvalue weighted by atomic mass is 10.1. The molecule has 0 fully saturated rings. The van der Waals surface area contributed by atoms with Crippen molar-refractivity contribution in [2.24, 2.45) is 0 Å². The Balaban J connectivity index is 1.81. The highest BCUT2D eigenvalue weighted by molar-refractivity contribution is 5.92. The van der Waals surface area contributed by atoms with Crippen molar-refractivity contribution in [3.8, 4) is 11.5 Å². The lowest BCUT2D eigenvalue weighted by molar-refractivity contribution is 0.0519. The number of rotatable bonds is 12. The fourth-order valence-electron chi connectivity index (χ4n) is 2.70. The van der Waals surface area contributed by atoms with Crippen LogP contribution in [0.2, 0.25) is 0 Å². The third-order valence-corrected chi connectivity index (χ3v) is 4.24. The molecule has 0 unspecified atom stereocenters. The van der Waals surface area contributed by atoms with Crippen molar-refractivity contribution in [1.29, 1.82) is 0 Å². The van der Waals surface area contributed by atoms with Crippen LogP contribution in [-0.2, 0) is 4.74 Å². The average Bonchev–Trinajstić information content (AvgIpc) is 2.74. The highest BCUT2D eigenvalue weighted by atomic mass is 16.5. The number of nitrogens with zero attached hydrogens (tertiary/aromatic N) is 1. The molecule has 6 heteroatoms. The summed E-state index contributed by atoms with van der Waals surface area (Å²) in [6, 6.07) is 11.4. The second-order valence-electron chi connectivity index (χ2n) is 6.61. The average molecular weight is 399 g/mol. The van der Waals surface area contributed by atoms with Gasteiger partial charge in [-0.1, -0.05) is 45.1 Å². The number of esters is 2. The maximum atomic E-state index is 12.3. The van der Waals surface area contributed by atoms with E-state index < -0.39 is 11.9 Å². The molecule has 0 radical (unpaired) electrons. The third-order valence-electron chi connectivity index (χ3n) is 4.24. The van der Waals surface area contributed by atoms with Gasteiger partial charge in [0.2, 0.25) is 0 Å². The summed E-state index contributed by atoms with van der Waals surface area (Å²) >= 11 is 0. The van der Waals surface area contributed by atoms with E-state index in [1.807, 2.05) is 0 Å². The first-order valence-corrected chi connectivity index (χ1v) is 10.2. The molecule has 6 nitrogen and oxygen atoms in total. The summed E-state index contributed by atoms with van der Waals surface area (Å²) in [7, 11) is 0. The number of benzene rings is 1. The molecule has 29 heavy (non-hydrogen) atoms. The van der Waals surface area contributed by atoms with Crippen molar-refractivity contribution in [2.75, 3.05) is 13.2 Å². The Kier molecular flexibility index (Phi) is 9.69. The number of hydrogen-bond acceptors (Lipinski definition) is 6. The summed E-state index contributed by atoms with van der Waals surface area (Å²) < 4.78 is 15.9. The fourth-order valence-corrected chi connectivity index (χ4v) is 2.70. The molecule has 0 bridgehead atoms. The van der Waals surface area contributed by atoms with Crippen LogP contribution < -0.4 is 9.47 Å². The van der Waals surface area contributed by atoms with Crippen LogP contribution in [-0.4, -0.2) is 30.1 Å². The standard InChI is InChI=1S/C23H29NO5/c1-3-5-6-7-8-9-17-28-18-13-15-19(16-14-18)29-23(26)21-12-10-11-20(24-21)22(25)27-4-2/h10-16H,3-9,17H2,1-2H3. The fraction of sp³-hybridized carbons (Fsp3) is 0.435. The van der Waals surface area contributed by atoms with Crippen molar-refractivity contribution in [1.82, 2.24) is 4.98 Å². The molecule has 1 aromatic carbocycles. The molecular formula is C23H29NO5. The second kappa shape index (κ2) is 12.5. The number of hydrogen-bond donors (Lipinski definition) is 0. The number of carbonyl (C=O) groups excluding carboxylic acids is 2. The number of unbranched alkanes of at least 4 members (excludes halogenated alkanes) is 5. The van der Waals surface area contributed by atoms with Crippen LogP contribution >= 0.6 is 0 Å². The molecule has 0 atom stereocenters. The molecule has 0 saturated heterocycles. The van der Waals surface area contributed by atoms with Gasteiger partial charge in [0.25, 0.3) is 0 Å². The van der Waals surface area contributed by atoms with E-state index in [0.717, 1.165) is 12.2 Å². The van der Waals surface area contributed by atoms with Crippen LogP contribution in [0.25, 0.3) is 0 Å². The van der Waals surface area contributed by atoms with Crippen molar-refractivity contribution < 1.29 is 23.8 Å². The third kappa shape index (κ3) is 7.94. The smallest absolute Gasteiger partial charge is 0.362 e. The van der Waals surface area contributed by atoms with E-state index in [-0.39, 0.29) is 18.0 Å². The van der Waals surface area contributed by atoms with Crippen LogP contribution in [0, 0.1) is 0 Å². The van der Waals surface area contributed by atoms with Crippen LogP contribution in [0.3, 0.4) is 0 Å². The van der Waals surface area contributed by atoms with E-state index >= 15 is 0 Å². The maximum absolute atomic E-state index is 12.3. The lowest BCUT2D eigenvalue weighted by Crippen LogP contribution is -2.14. The molecule has 1 aromatic heterocycles. The Bertz CT molecular complexity index is 773. The van der Waals surface area contributed by atoms with Gasteiger partial charge in [0.15, 0.2) is 0 Å². The predicted octanol–water partition coefficient (Wildman–Crippen LogP) is 5.22. The number of aromatic nitrogens is 1. The molecule has 1 heterocycles. The molecule has 0 amide bonds. The minimum absolute atomic E-state index is 0.0407. The van der Waals surface area contributed by atoms with Gasteiger partial charge < -0.3 is 14.2 Å². The van der Waals surface area contributed by atoms with E-state index in [2.05, 4.69) is 11.9 Å². The monoisotopic (exact) mass is 399 g/mol. The SMILES string of the molecule is CCCCCCCCOc1ccc(OC(=O)c2cccc(C(=O)OCC)n2)cc1. The largest absolute Gasteiger partial charge is 0.494 e. The topological polar surface area (TPSA) is 74.7 Å². The zero-order chi connectivity index (χ0) is 20.9. The molecule has 2 rings (SSSR count). The van der Waals surface area contributed by atoms with E-state index in [4.69, 9.17) is 14.2 Å². The number of pyridine rings is 1. The Morgan fingerprint density at radius 1 is 0.793 bits per heavy atom. The Labute approximate surface area is 172 Å². The van der Waals surface area contributed by atoms with Gasteiger partial charge in [0.05, 0.1) is 13.2 Å². The van der Waals surface area contributed by atoms with E-state index in [1.54, 1.807) is 37.3 Å². The first-order valence-electron chi connectivity index (χ1n) is 10.2. The van der Waals surface area contributed by atoms with Crippen molar-refractivity contribution in [3.63, 3.8) is 0 Å². The maximum Gasteiger partial charge on any atom is 0.362 e. The van der Waals surface area contributed by atoms with Gasteiger partial charge in [-0.2, -0.15) is 0 Å². The molecule has 0 aliphatic heterocycles. The van der Waals surface area contributed by atoms with Gasteiger partial charge >= 0.3 is 11.9 Å². The lowest BCUT2D eigenvalue weighted by Gasteiger charge is -2.08. The van der Waals surface area contributed by atoms with Gasteiger partial charge in [-0.05, 0) is 49.7 Å². The van der Waals surface area contributed by atoms with Crippen molar-refractivity contribution >= 4 is 11.9 Å². The minimum atomic E-state index is -0.642. The summed E-state index contributed by atoms with van der Waals surface area (Å²) in [5.41, 5.74) is 0.110. The van der Waals surface area contributed by atoms with Crippen LogP contribution in [0.1, 0.15) is 73.3 Å². The predicted molar refractivity (Wildman–Crippen MR) is 110 cm³/mol. The molecule has 2 aromatic rings. The highest BCUT2D eigenvalue weighted by Crippen LogP contribution is 2.19. The molecule has 0 aliphatic rings. The van der Waals surface area contributed by atoms with E-state index in [9.17, 15) is 9.59 Å². The summed E-state index contributed by atoms with van der Waals surface area (Å²) in [6.45, 7) is 4.83.